The molecular formula is C20H20N6O5. The standard InChI is InChI=1S/C20H20N6O5/c1-4-23(5-2)15-8-6-14(7-9-15)21-19-13(3)22-24(20(19)27)17-11-10-16(25(28)29)12-18(17)26(30)31/h6-12H,4-5H2,1-3H3. The van der Waals surface area contributed by atoms with Crippen LogP contribution >= 0.6 is 0 Å². The number of nitrogens with zero attached hydrogens (tertiary/aromatic N) is 6. The van der Waals surface area contributed by atoms with Crippen LogP contribution in [0.5, 0.6) is 0 Å². The van der Waals surface area contributed by atoms with E-state index >= 15 is 0 Å². The van der Waals surface area contributed by atoms with Crippen molar-refractivity contribution in [2.24, 2.45) is 10.1 Å². The lowest BCUT2D eigenvalue weighted by molar-refractivity contribution is -0.393. The predicted octanol–water partition coefficient (Wildman–Crippen LogP) is 3.84. The van der Waals surface area contributed by atoms with E-state index in [2.05, 4.69) is 28.8 Å². The summed E-state index contributed by atoms with van der Waals surface area (Å²) in [5, 5.41) is 27.3. The Morgan fingerprint density at radius 2 is 1.68 bits per heavy atom. The number of nitro benzene ring substituents is 2. The first-order valence-electron chi connectivity index (χ1n) is 9.53. The lowest BCUT2D eigenvalue weighted by atomic mass is 10.2. The van der Waals surface area contributed by atoms with E-state index in [4.69, 9.17) is 0 Å². The highest BCUT2D eigenvalue weighted by atomic mass is 16.6. The minimum Gasteiger partial charge on any atom is -0.372 e. The van der Waals surface area contributed by atoms with E-state index in [1.165, 1.54) is 0 Å². The average molecular weight is 424 g/mol. The van der Waals surface area contributed by atoms with Crippen molar-refractivity contribution in [1.82, 2.24) is 0 Å². The van der Waals surface area contributed by atoms with E-state index in [9.17, 15) is 25.0 Å². The van der Waals surface area contributed by atoms with Crippen molar-refractivity contribution in [2.45, 2.75) is 20.8 Å². The Morgan fingerprint density at radius 3 is 2.23 bits per heavy atom. The molecule has 1 aliphatic rings. The molecule has 0 bridgehead atoms. The third-order valence-corrected chi connectivity index (χ3v) is 4.80. The SMILES string of the molecule is CCN(CC)c1ccc(N=C2C(=O)N(c3ccc([N+](=O)[O-])cc3[N+](=O)[O-])N=C2C)cc1. The predicted molar refractivity (Wildman–Crippen MR) is 117 cm³/mol. The first kappa shape index (κ1) is 21.6. The lowest BCUT2D eigenvalue weighted by Crippen LogP contribution is -2.27. The van der Waals surface area contributed by atoms with Crippen molar-refractivity contribution in [3.8, 4) is 0 Å². The molecule has 0 aliphatic carbocycles. The minimum absolute atomic E-state index is 0.0447. The number of hydrogen-bond acceptors (Lipinski definition) is 8. The maximum Gasteiger partial charge on any atom is 0.301 e. The molecule has 0 aromatic heterocycles. The maximum absolute atomic E-state index is 12.9. The number of nitro groups is 2. The van der Waals surface area contributed by atoms with E-state index in [1.807, 2.05) is 12.1 Å². The fourth-order valence-electron chi connectivity index (χ4n) is 3.20. The van der Waals surface area contributed by atoms with E-state index in [-0.39, 0.29) is 17.1 Å². The molecule has 1 heterocycles. The monoisotopic (exact) mass is 424 g/mol. The molecule has 2 aromatic rings. The zero-order valence-electron chi connectivity index (χ0n) is 17.2. The molecular weight excluding hydrogens is 404 g/mol. The smallest absolute Gasteiger partial charge is 0.301 e. The van der Waals surface area contributed by atoms with Gasteiger partial charge in [0.25, 0.3) is 11.6 Å². The molecule has 11 heteroatoms. The number of anilines is 2. The molecule has 0 atom stereocenters. The number of amides is 1. The van der Waals surface area contributed by atoms with Crippen LogP contribution in [0, 0.1) is 20.2 Å². The average Bonchev–Trinajstić information content (AvgIpc) is 3.03. The van der Waals surface area contributed by atoms with E-state index in [0.29, 0.717) is 5.69 Å². The van der Waals surface area contributed by atoms with E-state index < -0.39 is 27.1 Å². The van der Waals surface area contributed by atoms with E-state index in [1.54, 1.807) is 19.1 Å². The molecule has 1 amide bonds. The summed E-state index contributed by atoms with van der Waals surface area (Å²) < 4.78 is 0. The molecule has 160 valence electrons. The van der Waals surface area contributed by atoms with Crippen LogP contribution in [-0.2, 0) is 4.79 Å². The molecule has 1 aliphatic heterocycles. The maximum atomic E-state index is 12.9. The highest BCUT2D eigenvalue weighted by Crippen LogP contribution is 2.34. The summed E-state index contributed by atoms with van der Waals surface area (Å²) in [7, 11) is 0. The quantitative estimate of drug-likeness (QED) is 0.489. The number of hydrazone groups is 1. The summed E-state index contributed by atoms with van der Waals surface area (Å²) in [5.74, 6) is -0.651. The van der Waals surface area contributed by atoms with Crippen LogP contribution in [0.25, 0.3) is 0 Å². The molecule has 31 heavy (non-hydrogen) atoms. The zero-order valence-corrected chi connectivity index (χ0v) is 17.2. The lowest BCUT2D eigenvalue weighted by Gasteiger charge is -2.20. The third kappa shape index (κ3) is 4.25. The van der Waals surface area contributed by atoms with Crippen LogP contribution in [0.15, 0.2) is 52.6 Å². The number of carbonyl (C=O) groups is 1. The van der Waals surface area contributed by atoms with Gasteiger partial charge in [0.15, 0.2) is 5.71 Å². The van der Waals surface area contributed by atoms with Crippen LogP contribution in [-0.4, -0.2) is 40.3 Å². The van der Waals surface area contributed by atoms with Gasteiger partial charge in [-0.2, -0.15) is 10.1 Å². The zero-order chi connectivity index (χ0) is 22.7. The fourth-order valence-corrected chi connectivity index (χ4v) is 3.20. The summed E-state index contributed by atoms with van der Waals surface area (Å²) in [4.78, 5) is 40.2. The van der Waals surface area contributed by atoms with Crippen LogP contribution in [0.2, 0.25) is 0 Å². The second kappa shape index (κ2) is 8.69. The first-order chi connectivity index (χ1) is 14.8. The van der Waals surface area contributed by atoms with Crippen LogP contribution in [0.1, 0.15) is 20.8 Å². The Bertz CT molecular complexity index is 1110. The van der Waals surface area contributed by atoms with Gasteiger partial charge in [-0.05, 0) is 51.1 Å². The third-order valence-electron chi connectivity index (χ3n) is 4.80. The topological polar surface area (TPSA) is 135 Å². The summed E-state index contributed by atoms with van der Waals surface area (Å²) >= 11 is 0. The van der Waals surface area contributed by atoms with Gasteiger partial charge >= 0.3 is 5.69 Å². The van der Waals surface area contributed by atoms with Crippen molar-refractivity contribution in [1.29, 1.82) is 0 Å². The first-order valence-corrected chi connectivity index (χ1v) is 9.53. The number of hydrogen-bond donors (Lipinski definition) is 0. The van der Waals surface area contributed by atoms with E-state index in [0.717, 1.165) is 42.0 Å². The second-order valence-electron chi connectivity index (χ2n) is 6.64. The van der Waals surface area contributed by atoms with Crippen LogP contribution < -0.4 is 9.91 Å². The summed E-state index contributed by atoms with van der Waals surface area (Å²) in [6.45, 7) is 7.40. The van der Waals surface area contributed by atoms with Crippen LogP contribution in [0.3, 0.4) is 0 Å². The Morgan fingerprint density at radius 1 is 1.03 bits per heavy atom. The Balaban J connectivity index is 1.94. The van der Waals surface area contributed by atoms with Crippen molar-refractivity contribution >= 4 is 45.8 Å². The molecule has 0 saturated heterocycles. The fraction of sp³-hybridized carbons (Fsp3) is 0.250. The number of benzene rings is 2. The van der Waals surface area contributed by atoms with Crippen molar-refractivity contribution in [2.75, 3.05) is 23.0 Å². The van der Waals surface area contributed by atoms with Crippen LogP contribution in [0.4, 0.5) is 28.4 Å². The summed E-state index contributed by atoms with van der Waals surface area (Å²) in [6, 6.07) is 10.4. The Hall–Kier alpha value is -4.15. The Labute approximate surface area is 177 Å². The van der Waals surface area contributed by atoms with Crippen molar-refractivity contribution < 1.29 is 14.6 Å². The molecule has 0 fully saturated rings. The van der Waals surface area contributed by atoms with Gasteiger partial charge in [-0.3, -0.25) is 25.0 Å². The molecule has 0 N–H and O–H groups in total. The van der Waals surface area contributed by atoms with Gasteiger partial charge in [-0.15, -0.1) is 0 Å². The van der Waals surface area contributed by atoms with Gasteiger partial charge in [0.2, 0.25) is 0 Å². The molecule has 11 nitrogen and oxygen atoms in total. The van der Waals surface area contributed by atoms with Gasteiger partial charge in [0.05, 0.1) is 27.3 Å². The largest absolute Gasteiger partial charge is 0.372 e. The number of rotatable bonds is 7. The van der Waals surface area contributed by atoms with Gasteiger partial charge in [0.1, 0.15) is 5.69 Å². The molecule has 0 unspecified atom stereocenters. The highest BCUT2D eigenvalue weighted by molar-refractivity contribution is 6.71. The van der Waals surface area contributed by atoms with Gasteiger partial charge in [0, 0.05) is 24.8 Å². The van der Waals surface area contributed by atoms with Crippen molar-refractivity contribution in [3.05, 3.63) is 62.7 Å². The molecule has 0 saturated carbocycles. The number of non-ortho nitro benzene ring substituents is 1. The second-order valence-corrected chi connectivity index (χ2v) is 6.64. The molecule has 0 spiro atoms. The molecule has 2 aromatic carbocycles. The Kier molecular flexibility index (Phi) is 6.05. The molecule has 0 radical (unpaired) electrons. The molecule has 3 rings (SSSR count). The highest BCUT2D eigenvalue weighted by Gasteiger charge is 2.35. The minimum atomic E-state index is -0.790. The van der Waals surface area contributed by atoms with Gasteiger partial charge < -0.3 is 4.90 Å². The van der Waals surface area contributed by atoms with Crippen molar-refractivity contribution in [3.63, 3.8) is 0 Å². The number of carbonyl (C=O) groups excluding carboxylic acids is 1. The normalized spacial score (nSPS) is 14.7. The van der Waals surface area contributed by atoms with Gasteiger partial charge in [-0.25, -0.2) is 4.99 Å². The number of aliphatic imine (C=N–C) groups is 1. The summed E-state index contributed by atoms with van der Waals surface area (Å²) in [6.07, 6.45) is 0. The summed E-state index contributed by atoms with van der Waals surface area (Å²) in [5.41, 5.74) is 0.679. The van der Waals surface area contributed by atoms with Gasteiger partial charge in [-0.1, -0.05) is 0 Å².